The summed E-state index contributed by atoms with van der Waals surface area (Å²) in [5.74, 6) is 1.23. The van der Waals surface area contributed by atoms with Gasteiger partial charge in [0.25, 0.3) is 5.91 Å². The number of fused-ring (bicyclic) bond motifs is 1. The molecule has 1 aromatic rings. The number of dihydropyridines is 1. The van der Waals surface area contributed by atoms with E-state index in [2.05, 4.69) is 51.2 Å². The van der Waals surface area contributed by atoms with E-state index in [1.54, 1.807) is 6.21 Å². The summed E-state index contributed by atoms with van der Waals surface area (Å²) >= 11 is 0. The zero-order valence-electron chi connectivity index (χ0n) is 17.9. The average molecular weight is 404 g/mol. The number of amides is 1. The standard InChI is InChI=1S/C26H33N3O/c30-26(22-6-4-13-27-17-22)29-18-23-5-3-7-24(25(23)19-29)21-10-8-20(9-11-21)12-16-28-14-1-2-15-28/h6-11,17,23,25H,1-5,12-16,18-19H2. The van der Waals surface area contributed by atoms with Crippen molar-refractivity contribution in [3.05, 3.63) is 53.1 Å². The molecule has 2 atom stereocenters. The smallest absolute Gasteiger partial charge is 0.255 e. The topological polar surface area (TPSA) is 35.9 Å². The third-order valence-electron chi connectivity index (χ3n) is 7.33. The van der Waals surface area contributed by atoms with Crippen molar-refractivity contribution < 1.29 is 4.79 Å². The van der Waals surface area contributed by atoms with Gasteiger partial charge in [-0.2, -0.15) is 0 Å². The van der Waals surface area contributed by atoms with Crippen LogP contribution in [0.15, 0.2) is 47.0 Å². The number of allylic oxidation sites excluding steroid dienone is 1. The SMILES string of the molecule is O=C(C1=CCCN=C1)N1CC2CCC=C(c3ccc(CCN4CCCC4)cc3)C2C1. The van der Waals surface area contributed by atoms with Crippen LogP contribution in [0.3, 0.4) is 0 Å². The Morgan fingerprint density at radius 3 is 2.63 bits per heavy atom. The molecular formula is C26H33N3O. The molecule has 4 heteroatoms. The number of benzene rings is 1. The second-order valence-electron chi connectivity index (χ2n) is 9.29. The van der Waals surface area contributed by atoms with Gasteiger partial charge in [-0.15, -0.1) is 0 Å². The summed E-state index contributed by atoms with van der Waals surface area (Å²) in [7, 11) is 0. The monoisotopic (exact) mass is 403 g/mol. The number of hydrogen-bond donors (Lipinski definition) is 0. The Hall–Kier alpha value is -2.20. The van der Waals surface area contributed by atoms with Gasteiger partial charge in [0.15, 0.2) is 0 Å². The van der Waals surface area contributed by atoms with E-state index in [1.165, 1.54) is 55.6 Å². The molecule has 0 N–H and O–H groups in total. The Bertz CT molecular complexity index is 861. The number of aliphatic imine (C=N–C) groups is 1. The molecular weight excluding hydrogens is 370 g/mol. The van der Waals surface area contributed by atoms with E-state index in [9.17, 15) is 4.79 Å². The van der Waals surface area contributed by atoms with Crippen LogP contribution in [0.1, 0.15) is 43.2 Å². The molecule has 1 aliphatic carbocycles. The van der Waals surface area contributed by atoms with Crippen LogP contribution < -0.4 is 0 Å². The lowest BCUT2D eigenvalue weighted by molar-refractivity contribution is -0.125. The number of rotatable bonds is 5. The molecule has 2 unspecified atom stereocenters. The van der Waals surface area contributed by atoms with Gasteiger partial charge >= 0.3 is 0 Å². The van der Waals surface area contributed by atoms with E-state index < -0.39 is 0 Å². The minimum absolute atomic E-state index is 0.171. The van der Waals surface area contributed by atoms with Gasteiger partial charge in [-0.05, 0) is 74.2 Å². The van der Waals surface area contributed by atoms with Gasteiger partial charge in [-0.1, -0.05) is 36.4 Å². The van der Waals surface area contributed by atoms with Gasteiger partial charge < -0.3 is 9.80 Å². The molecule has 4 nitrogen and oxygen atoms in total. The van der Waals surface area contributed by atoms with Crippen LogP contribution in [-0.4, -0.2) is 61.2 Å². The Morgan fingerprint density at radius 1 is 1.03 bits per heavy atom. The molecule has 4 aliphatic rings. The minimum atomic E-state index is 0.171. The second kappa shape index (κ2) is 8.89. The predicted molar refractivity (Wildman–Crippen MR) is 123 cm³/mol. The molecule has 2 fully saturated rings. The summed E-state index contributed by atoms with van der Waals surface area (Å²) in [6.45, 7) is 6.26. The lowest BCUT2D eigenvalue weighted by atomic mass is 9.78. The van der Waals surface area contributed by atoms with Crippen LogP contribution in [0.4, 0.5) is 0 Å². The molecule has 5 rings (SSSR count). The first-order valence-electron chi connectivity index (χ1n) is 11.8. The largest absolute Gasteiger partial charge is 0.338 e. The van der Waals surface area contributed by atoms with Crippen molar-refractivity contribution >= 4 is 17.7 Å². The highest BCUT2D eigenvalue weighted by atomic mass is 16.2. The molecule has 158 valence electrons. The maximum atomic E-state index is 13.0. The van der Waals surface area contributed by atoms with Crippen molar-refractivity contribution in [1.82, 2.24) is 9.80 Å². The van der Waals surface area contributed by atoms with Crippen molar-refractivity contribution in [3.63, 3.8) is 0 Å². The van der Waals surface area contributed by atoms with E-state index in [0.29, 0.717) is 11.8 Å². The Kier molecular flexibility index (Phi) is 5.85. The van der Waals surface area contributed by atoms with Gasteiger partial charge in [-0.25, -0.2) is 0 Å². The van der Waals surface area contributed by atoms with E-state index in [4.69, 9.17) is 0 Å². The number of likely N-dealkylation sites (tertiary alicyclic amines) is 2. The molecule has 0 spiro atoms. The van der Waals surface area contributed by atoms with Gasteiger partial charge in [0.05, 0.1) is 5.57 Å². The zero-order chi connectivity index (χ0) is 20.3. The lowest BCUT2D eigenvalue weighted by Gasteiger charge is -2.26. The third kappa shape index (κ3) is 4.15. The summed E-state index contributed by atoms with van der Waals surface area (Å²) in [6.07, 6.45) is 13.3. The predicted octanol–water partition coefficient (Wildman–Crippen LogP) is 3.98. The van der Waals surface area contributed by atoms with Crippen LogP contribution in [0.2, 0.25) is 0 Å². The van der Waals surface area contributed by atoms with E-state index >= 15 is 0 Å². The van der Waals surface area contributed by atoms with Gasteiger partial charge in [0.1, 0.15) is 0 Å². The first kappa shape index (κ1) is 19.7. The lowest BCUT2D eigenvalue weighted by Crippen LogP contribution is -2.31. The average Bonchev–Trinajstić information content (AvgIpc) is 3.48. The first-order valence-corrected chi connectivity index (χ1v) is 11.8. The van der Waals surface area contributed by atoms with Gasteiger partial charge in [-0.3, -0.25) is 9.79 Å². The molecule has 0 bridgehead atoms. The normalized spacial score (nSPS) is 26.5. The molecule has 1 aromatic carbocycles. The molecule has 0 aromatic heterocycles. The van der Waals surface area contributed by atoms with Crippen molar-refractivity contribution in [2.24, 2.45) is 16.8 Å². The van der Waals surface area contributed by atoms with Crippen molar-refractivity contribution in [1.29, 1.82) is 0 Å². The Labute approximate surface area is 180 Å². The highest BCUT2D eigenvalue weighted by Crippen LogP contribution is 2.41. The van der Waals surface area contributed by atoms with Gasteiger partial charge in [0, 0.05) is 38.3 Å². The summed E-state index contributed by atoms with van der Waals surface area (Å²) in [6, 6.07) is 9.26. The van der Waals surface area contributed by atoms with Crippen LogP contribution in [0.25, 0.3) is 5.57 Å². The second-order valence-corrected chi connectivity index (χ2v) is 9.29. The fourth-order valence-electron chi connectivity index (χ4n) is 5.61. The summed E-state index contributed by atoms with van der Waals surface area (Å²) in [4.78, 5) is 21.9. The minimum Gasteiger partial charge on any atom is -0.338 e. The highest BCUT2D eigenvalue weighted by Gasteiger charge is 2.39. The van der Waals surface area contributed by atoms with Crippen LogP contribution in [0, 0.1) is 11.8 Å². The molecule has 0 radical (unpaired) electrons. The zero-order valence-corrected chi connectivity index (χ0v) is 17.9. The van der Waals surface area contributed by atoms with Crippen molar-refractivity contribution in [3.8, 4) is 0 Å². The van der Waals surface area contributed by atoms with Crippen LogP contribution in [-0.2, 0) is 11.2 Å². The molecule has 3 heterocycles. The van der Waals surface area contributed by atoms with Crippen LogP contribution >= 0.6 is 0 Å². The van der Waals surface area contributed by atoms with Crippen molar-refractivity contribution in [2.75, 3.05) is 39.3 Å². The molecule has 3 aliphatic heterocycles. The Morgan fingerprint density at radius 2 is 1.87 bits per heavy atom. The number of hydrogen-bond acceptors (Lipinski definition) is 3. The maximum Gasteiger partial charge on any atom is 0.255 e. The quantitative estimate of drug-likeness (QED) is 0.746. The maximum absolute atomic E-state index is 13.0. The van der Waals surface area contributed by atoms with Crippen LogP contribution in [0.5, 0.6) is 0 Å². The number of nitrogens with zero attached hydrogens (tertiary/aromatic N) is 3. The van der Waals surface area contributed by atoms with E-state index in [1.807, 2.05) is 0 Å². The first-order chi connectivity index (χ1) is 14.8. The molecule has 30 heavy (non-hydrogen) atoms. The summed E-state index contributed by atoms with van der Waals surface area (Å²) < 4.78 is 0. The fraction of sp³-hybridized carbons (Fsp3) is 0.538. The third-order valence-corrected chi connectivity index (χ3v) is 7.33. The number of carbonyl (C=O) groups excluding carboxylic acids is 1. The molecule has 0 saturated carbocycles. The van der Waals surface area contributed by atoms with E-state index in [0.717, 1.165) is 44.5 Å². The summed E-state index contributed by atoms with van der Waals surface area (Å²) in [5, 5.41) is 0. The molecule has 2 saturated heterocycles. The van der Waals surface area contributed by atoms with Crippen molar-refractivity contribution in [2.45, 2.75) is 38.5 Å². The fourth-order valence-corrected chi connectivity index (χ4v) is 5.61. The Balaban J connectivity index is 1.24. The highest BCUT2D eigenvalue weighted by molar-refractivity contribution is 6.12. The number of carbonyl (C=O) groups is 1. The summed E-state index contributed by atoms with van der Waals surface area (Å²) in [5.41, 5.74) is 5.03. The van der Waals surface area contributed by atoms with E-state index in [-0.39, 0.29) is 5.91 Å². The van der Waals surface area contributed by atoms with Gasteiger partial charge in [0.2, 0.25) is 0 Å². The molecule has 1 amide bonds.